The van der Waals surface area contributed by atoms with Crippen molar-refractivity contribution in [2.45, 2.75) is 77.2 Å². The fourth-order valence-corrected chi connectivity index (χ4v) is 5.20. The van der Waals surface area contributed by atoms with Gasteiger partial charge in [-0.1, -0.05) is 6.58 Å². The standard InChI is InChI=1S/C28H36O8/c1-4-24(29)34-22-13-15-23(16-14-22)35-26(32)20-9-11-21(12-10-20)27(33)36-28(2,3)17-18-5-7-19(8-6-18)25(30)31/h4,13-16,18-21H,1,5-12,17H2,2-3H3,(H,30,31). The third-order valence-electron chi connectivity index (χ3n) is 7.17. The van der Waals surface area contributed by atoms with Gasteiger partial charge in [0.15, 0.2) is 0 Å². The van der Waals surface area contributed by atoms with Gasteiger partial charge in [-0.25, -0.2) is 4.79 Å². The van der Waals surface area contributed by atoms with Gasteiger partial charge < -0.3 is 19.3 Å². The Morgan fingerprint density at radius 2 is 1.31 bits per heavy atom. The van der Waals surface area contributed by atoms with Crippen molar-refractivity contribution in [1.82, 2.24) is 0 Å². The Balaban J connectivity index is 1.41. The highest BCUT2D eigenvalue weighted by atomic mass is 16.6. The van der Waals surface area contributed by atoms with Crippen molar-refractivity contribution in [3.63, 3.8) is 0 Å². The zero-order chi connectivity index (χ0) is 26.3. The van der Waals surface area contributed by atoms with Crippen LogP contribution in [0.5, 0.6) is 11.5 Å². The minimum atomic E-state index is -0.719. The van der Waals surface area contributed by atoms with Crippen LogP contribution in [0, 0.1) is 23.7 Å². The van der Waals surface area contributed by atoms with Crippen molar-refractivity contribution in [2.24, 2.45) is 23.7 Å². The van der Waals surface area contributed by atoms with Crippen molar-refractivity contribution in [3.05, 3.63) is 36.9 Å². The molecular formula is C28H36O8. The quantitative estimate of drug-likeness (QED) is 0.283. The first-order valence-electron chi connectivity index (χ1n) is 12.7. The summed E-state index contributed by atoms with van der Waals surface area (Å²) in [6.45, 7) is 7.18. The number of ether oxygens (including phenoxy) is 3. The number of esters is 3. The Morgan fingerprint density at radius 1 is 0.833 bits per heavy atom. The second-order valence-corrected chi connectivity index (χ2v) is 10.5. The van der Waals surface area contributed by atoms with Crippen molar-refractivity contribution in [1.29, 1.82) is 0 Å². The van der Waals surface area contributed by atoms with Gasteiger partial charge in [-0.05, 0) is 102 Å². The molecule has 196 valence electrons. The number of hydrogen-bond donors (Lipinski definition) is 1. The number of carboxylic acids is 1. The zero-order valence-corrected chi connectivity index (χ0v) is 21.1. The SMILES string of the molecule is C=CC(=O)Oc1ccc(OC(=O)C2CCC(C(=O)OC(C)(C)CC3CCC(C(=O)O)CC3)CC2)cc1. The molecule has 1 aromatic carbocycles. The highest BCUT2D eigenvalue weighted by Crippen LogP contribution is 2.37. The van der Waals surface area contributed by atoms with E-state index in [1.807, 2.05) is 13.8 Å². The molecule has 0 spiro atoms. The van der Waals surface area contributed by atoms with Crippen LogP contribution in [0.2, 0.25) is 0 Å². The predicted molar refractivity (Wildman–Crippen MR) is 131 cm³/mol. The normalized spacial score (nSPS) is 24.3. The van der Waals surface area contributed by atoms with E-state index in [4.69, 9.17) is 14.2 Å². The van der Waals surface area contributed by atoms with E-state index < -0.39 is 17.5 Å². The van der Waals surface area contributed by atoms with Crippen molar-refractivity contribution in [3.8, 4) is 11.5 Å². The Morgan fingerprint density at radius 3 is 1.81 bits per heavy atom. The van der Waals surface area contributed by atoms with Gasteiger partial charge in [0, 0.05) is 6.08 Å². The number of aliphatic carboxylic acids is 1. The van der Waals surface area contributed by atoms with E-state index in [-0.39, 0.29) is 29.7 Å². The summed E-state index contributed by atoms with van der Waals surface area (Å²) in [5.74, 6) is -1.59. The molecule has 0 bridgehead atoms. The van der Waals surface area contributed by atoms with Crippen LogP contribution in [0.1, 0.15) is 71.6 Å². The average molecular weight is 501 g/mol. The maximum Gasteiger partial charge on any atom is 0.335 e. The smallest absolute Gasteiger partial charge is 0.335 e. The summed E-state index contributed by atoms with van der Waals surface area (Å²) < 4.78 is 16.4. The molecule has 1 aromatic rings. The lowest BCUT2D eigenvalue weighted by Crippen LogP contribution is -2.36. The first kappa shape index (κ1) is 27.4. The van der Waals surface area contributed by atoms with E-state index in [2.05, 4.69) is 6.58 Å². The second-order valence-electron chi connectivity index (χ2n) is 10.5. The monoisotopic (exact) mass is 500 g/mol. The number of carbonyl (C=O) groups excluding carboxylic acids is 3. The fourth-order valence-electron chi connectivity index (χ4n) is 5.20. The maximum atomic E-state index is 12.8. The van der Waals surface area contributed by atoms with Crippen LogP contribution in [0.15, 0.2) is 36.9 Å². The highest BCUT2D eigenvalue weighted by molar-refractivity contribution is 5.83. The maximum absolute atomic E-state index is 12.8. The molecule has 0 amide bonds. The number of carbonyl (C=O) groups is 4. The molecule has 1 N–H and O–H groups in total. The summed E-state index contributed by atoms with van der Waals surface area (Å²) in [7, 11) is 0. The van der Waals surface area contributed by atoms with Crippen LogP contribution in [-0.4, -0.2) is 34.6 Å². The molecule has 2 saturated carbocycles. The van der Waals surface area contributed by atoms with Crippen LogP contribution in [-0.2, 0) is 23.9 Å². The topological polar surface area (TPSA) is 116 Å². The Bertz CT molecular complexity index is 948. The van der Waals surface area contributed by atoms with Crippen molar-refractivity contribution in [2.75, 3.05) is 0 Å². The molecule has 2 aliphatic carbocycles. The lowest BCUT2D eigenvalue weighted by Gasteiger charge is -2.35. The van der Waals surface area contributed by atoms with Gasteiger partial charge in [0.25, 0.3) is 0 Å². The summed E-state index contributed by atoms with van der Waals surface area (Å²) >= 11 is 0. The largest absolute Gasteiger partial charge is 0.481 e. The summed E-state index contributed by atoms with van der Waals surface area (Å²) in [5.41, 5.74) is -0.611. The Kier molecular flexibility index (Phi) is 9.29. The molecule has 2 fully saturated rings. The molecule has 0 radical (unpaired) electrons. The van der Waals surface area contributed by atoms with Crippen LogP contribution < -0.4 is 9.47 Å². The first-order valence-corrected chi connectivity index (χ1v) is 12.7. The fraction of sp³-hybridized carbons (Fsp3) is 0.571. The van der Waals surface area contributed by atoms with Crippen molar-refractivity contribution < 1.29 is 38.5 Å². The van der Waals surface area contributed by atoms with Crippen LogP contribution in [0.3, 0.4) is 0 Å². The summed E-state index contributed by atoms with van der Waals surface area (Å²) in [5, 5.41) is 9.18. The molecule has 0 atom stereocenters. The number of rotatable bonds is 9. The van der Waals surface area contributed by atoms with Gasteiger partial charge in [-0.15, -0.1) is 0 Å². The van der Waals surface area contributed by atoms with Gasteiger partial charge in [0.1, 0.15) is 17.1 Å². The van der Waals surface area contributed by atoms with Gasteiger partial charge >= 0.3 is 23.9 Å². The molecule has 36 heavy (non-hydrogen) atoms. The molecule has 3 rings (SSSR count). The molecule has 0 heterocycles. The zero-order valence-electron chi connectivity index (χ0n) is 21.1. The van der Waals surface area contributed by atoms with E-state index in [0.717, 1.165) is 25.3 Å². The molecule has 0 aliphatic heterocycles. The van der Waals surface area contributed by atoms with Gasteiger partial charge in [0.05, 0.1) is 17.8 Å². The average Bonchev–Trinajstić information content (AvgIpc) is 2.85. The minimum Gasteiger partial charge on any atom is -0.481 e. The first-order chi connectivity index (χ1) is 17.1. The lowest BCUT2D eigenvalue weighted by molar-refractivity contribution is -0.165. The minimum absolute atomic E-state index is 0.226. The molecule has 0 saturated heterocycles. The molecule has 8 nitrogen and oxygen atoms in total. The predicted octanol–water partition coefficient (Wildman–Crippen LogP) is 5.09. The Hall–Kier alpha value is -3.16. The van der Waals surface area contributed by atoms with Crippen molar-refractivity contribution >= 4 is 23.9 Å². The molecule has 8 heteroatoms. The van der Waals surface area contributed by atoms with E-state index in [0.29, 0.717) is 55.9 Å². The van der Waals surface area contributed by atoms with Gasteiger partial charge in [-0.3, -0.25) is 14.4 Å². The van der Waals surface area contributed by atoms with Crippen LogP contribution in [0.4, 0.5) is 0 Å². The van der Waals surface area contributed by atoms with Crippen LogP contribution in [0.25, 0.3) is 0 Å². The van der Waals surface area contributed by atoms with Gasteiger partial charge in [0.2, 0.25) is 0 Å². The van der Waals surface area contributed by atoms with E-state index in [9.17, 15) is 24.3 Å². The van der Waals surface area contributed by atoms with E-state index in [1.54, 1.807) is 12.1 Å². The Labute approximate surface area is 212 Å². The van der Waals surface area contributed by atoms with Crippen LogP contribution >= 0.6 is 0 Å². The third kappa shape index (κ3) is 7.93. The summed E-state index contributed by atoms with van der Waals surface area (Å²) in [4.78, 5) is 47.8. The third-order valence-corrected chi connectivity index (χ3v) is 7.17. The number of benzene rings is 1. The number of carboxylic acid groups (broad SMARTS) is 1. The molecule has 2 aliphatic rings. The second kappa shape index (κ2) is 12.2. The highest BCUT2D eigenvalue weighted by Gasteiger charge is 2.36. The van der Waals surface area contributed by atoms with E-state index in [1.165, 1.54) is 12.1 Å². The number of hydrogen-bond acceptors (Lipinski definition) is 7. The molecular weight excluding hydrogens is 464 g/mol. The lowest BCUT2D eigenvalue weighted by atomic mass is 9.77. The summed E-state index contributed by atoms with van der Waals surface area (Å²) in [6, 6.07) is 6.19. The van der Waals surface area contributed by atoms with E-state index >= 15 is 0 Å². The molecule has 0 aromatic heterocycles. The molecule has 0 unspecified atom stereocenters. The summed E-state index contributed by atoms with van der Waals surface area (Å²) in [6.07, 6.45) is 7.05. The van der Waals surface area contributed by atoms with Gasteiger partial charge in [-0.2, -0.15) is 0 Å².